The van der Waals surface area contributed by atoms with Gasteiger partial charge in [0.25, 0.3) is 0 Å². The minimum absolute atomic E-state index is 0.0156. The second kappa shape index (κ2) is 8.03. The molecule has 0 unspecified atom stereocenters. The summed E-state index contributed by atoms with van der Waals surface area (Å²) in [7, 11) is 0. The maximum absolute atomic E-state index is 11.4. The van der Waals surface area contributed by atoms with Crippen LogP contribution < -0.4 is 4.18 Å². The van der Waals surface area contributed by atoms with E-state index in [4.69, 9.17) is 4.18 Å². The Kier molecular flexibility index (Phi) is 5.56. The standard InChI is InChI=1S/C20H19NO3S/c1-2-3-7-16-10-6-11-19(21(22)23)20(16)24-25-18-13-12-15-8-4-5-9-17(15)14-18/h4-6,8-14H,2-3,7H2,1H3. The lowest BCUT2D eigenvalue weighted by atomic mass is 10.1. The maximum Gasteiger partial charge on any atom is 0.312 e. The molecule has 0 atom stereocenters. The van der Waals surface area contributed by atoms with E-state index in [9.17, 15) is 10.1 Å². The zero-order valence-electron chi connectivity index (χ0n) is 14.0. The van der Waals surface area contributed by atoms with Gasteiger partial charge < -0.3 is 4.18 Å². The highest BCUT2D eigenvalue weighted by Gasteiger charge is 2.19. The second-order valence-corrected chi connectivity index (χ2v) is 6.61. The van der Waals surface area contributed by atoms with Gasteiger partial charge in [0.2, 0.25) is 5.75 Å². The molecule has 5 heteroatoms. The summed E-state index contributed by atoms with van der Waals surface area (Å²) in [6.45, 7) is 2.10. The summed E-state index contributed by atoms with van der Waals surface area (Å²) in [6, 6.07) is 19.2. The van der Waals surface area contributed by atoms with Crippen molar-refractivity contribution in [1.82, 2.24) is 0 Å². The minimum Gasteiger partial charge on any atom is -0.413 e. The van der Waals surface area contributed by atoms with Gasteiger partial charge in [-0.25, -0.2) is 0 Å². The zero-order valence-corrected chi connectivity index (χ0v) is 14.8. The molecule has 0 saturated heterocycles. The topological polar surface area (TPSA) is 52.4 Å². The molecule has 4 nitrogen and oxygen atoms in total. The molecular weight excluding hydrogens is 334 g/mol. The highest BCUT2D eigenvalue weighted by atomic mass is 32.2. The summed E-state index contributed by atoms with van der Waals surface area (Å²) in [5.41, 5.74) is 0.895. The van der Waals surface area contributed by atoms with E-state index in [0.29, 0.717) is 5.75 Å². The van der Waals surface area contributed by atoms with Crippen molar-refractivity contribution < 1.29 is 9.11 Å². The molecule has 25 heavy (non-hydrogen) atoms. The van der Waals surface area contributed by atoms with Crippen LogP contribution in [0.15, 0.2) is 65.6 Å². The van der Waals surface area contributed by atoms with Gasteiger partial charge in [0, 0.05) is 16.5 Å². The van der Waals surface area contributed by atoms with Crippen LogP contribution in [0.25, 0.3) is 10.8 Å². The first-order valence-electron chi connectivity index (χ1n) is 8.28. The fraction of sp³-hybridized carbons (Fsp3) is 0.200. The van der Waals surface area contributed by atoms with Crippen LogP contribution in [0.2, 0.25) is 0 Å². The first kappa shape index (κ1) is 17.3. The van der Waals surface area contributed by atoms with E-state index < -0.39 is 0 Å². The lowest BCUT2D eigenvalue weighted by Crippen LogP contribution is -1.97. The molecule has 3 aromatic carbocycles. The van der Waals surface area contributed by atoms with Gasteiger partial charge in [0.1, 0.15) is 0 Å². The lowest BCUT2D eigenvalue weighted by molar-refractivity contribution is -0.385. The molecule has 3 rings (SSSR count). The molecule has 0 amide bonds. The van der Waals surface area contributed by atoms with Crippen molar-refractivity contribution in [2.75, 3.05) is 0 Å². The average Bonchev–Trinajstić information content (AvgIpc) is 2.64. The molecule has 0 spiro atoms. The van der Waals surface area contributed by atoms with E-state index in [1.54, 1.807) is 6.07 Å². The average molecular weight is 353 g/mol. The number of hydrogen-bond donors (Lipinski definition) is 0. The van der Waals surface area contributed by atoms with Crippen molar-refractivity contribution in [3.63, 3.8) is 0 Å². The number of hydrogen-bond acceptors (Lipinski definition) is 4. The number of benzene rings is 3. The molecule has 0 saturated carbocycles. The summed E-state index contributed by atoms with van der Waals surface area (Å²) in [5, 5.41) is 13.6. The molecule has 0 aromatic heterocycles. The Bertz CT molecular complexity index is 895. The lowest BCUT2D eigenvalue weighted by Gasteiger charge is -2.10. The highest BCUT2D eigenvalue weighted by Crippen LogP contribution is 2.36. The molecule has 0 N–H and O–H groups in total. The van der Waals surface area contributed by atoms with E-state index in [-0.39, 0.29) is 10.6 Å². The van der Waals surface area contributed by atoms with Crippen LogP contribution in [0.4, 0.5) is 5.69 Å². The monoisotopic (exact) mass is 353 g/mol. The second-order valence-electron chi connectivity index (χ2n) is 5.80. The fourth-order valence-electron chi connectivity index (χ4n) is 2.68. The molecule has 0 bridgehead atoms. The van der Waals surface area contributed by atoms with Crippen LogP contribution in [0.3, 0.4) is 0 Å². The Balaban J connectivity index is 1.86. The van der Waals surface area contributed by atoms with Crippen molar-refractivity contribution in [3.8, 4) is 5.75 Å². The van der Waals surface area contributed by atoms with E-state index in [1.165, 1.54) is 6.07 Å². The van der Waals surface area contributed by atoms with Crippen molar-refractivity contribution >= 4 is 28.5 Å². The van der Waals surface area contributed by atoms with Crippen molar-refractivity contribution in [3.05, 3.63) is 76.3 Å². The van der Waals surface area contributed by atoms with Crippen LogP contribution in [0.1, 0.15) is 25.3 Å². The Labute approximate surface area is 151 Å². The first-order chi connectivity index (χ1) is 12.2. The number of aryl methyl sites for hydroxylation is 1. The smallest absolute Gasteiger partial charge is 0.312 e. The molecule has 3 aromatic rings. The van der Waals surface area contributed by atoms with Gasteiger partial charge >= 0.3 is 5.69 Å². The van der Waals surface area contributed by atoms with Crippen LogP contribution in [-0.2, 0) is 6.42 Å². The predicted octanol–water partition coefficient (Wildman–Crippen LogP) is 6.18. The Morgan fingerprint density at radius 2 is 1.84 bits per heavy atom. The Morgan fingerprint density at radius 3 is 2.60 bits per heavy atom. The molecular formula is C20H19NO3S. The van der Waals surface area contributed by atoms with Crippen LogP contribution in [0, 0.1) is 10.1 Å². The quantitative estimate of drug-likeness (QED) is 0.289. The third-order valence-electron chi connectivity index (χ3n) is 4.01. The molecule has 0 aliphatic rings. The van der Waals surface area contributed by atoms with Crippen LogP contribution >= 0.6 is 12.0 Å². The number of nitrogens with zero attached hydrogens (tertiary/aromatic N) is 1. The van der Waals surface area contributed by atoms with Crippen molar-refractivity contribution in [1.29, 1.82) is 0 Å². The molecule has 128 valence electrons. The largest absolute Gasteiger partial charge is 0.413 e. The number of unbranched alkanes of at least 4 members (excludes halogenated alkanes) is 1. The van der Waals surface area contributed by atoms with E-state index in [2.05, 4.69) is 13.0 Å². The molecule has 0 fully saturated rings. The number of fused-ring (bicyclic) bond motifs is 1. The molecule has 0 aliphatic carbocycles. The fourth-order valence-corrected chi connectivity index (χ4v) is 3.36. The SMILES string of the molecule is CCCCc1cccc([N+](=O)[O-])c1OSc1ccc2ccccc2c1. The van der Waals surface area contributed by atoms with Crippen molar-refractivity contribution in [2.24, 2.45) is 0 Å². The predicted molar refractivity (Wildman–Crippen MR) is 102 cm³/mol. The summed E-state index contributed by atoms with van der Waals surface area (Å²) >= 11 is 1.16. The number of para-hydroxylation sites is 1. The van der Waals surface area contributed by atoms with E-state index in [1.807, 2.05) is 42.5 Å². The normalized spacial score (nSPS) is 10.8. The van der Waals surface area contributed by atoms with Crippen LogP contribution in [-0.4, -0.2) is 4.92 Å². The Morgan fingerprint density at radius 1 is 1.04 bits per heavy atom. The first-order valence-corrected chi connectivity index (χ1v) is 9.03. The summed E-state index contributed by atoms with van der Waals surface area (Å²) in [5.74, 6) is 0.360. The van der Waals surface area contributed by atoms with Gasteiger partial charge in [-0.3, -0.25) is 10.1 Å². The van der Waals surface area contributed by atoms with Gasteiger partial charge in [-0.1, -0.05) is 55.8 Å². The van der Waals surface area contributed by atoms with Gasteiger partial charge in [0.15, 0.2) is 0 Å². The van der Waals surface area contributed by atoms with Gasteiger partial charge in [-0.15, -0.1) is 0 Å². The zero-order chi connectivity index (χ0) is 17.6. The molecule has 0 aliphatic heterocycles. The number of nitro benzene ring substituents is 1. The van der Waals surface area contributed by atoms with Gasteiger partial charge in [0.05, 0.1) is 17.0 Å². The third kappa shape index (κ3) is 4.12. The molecule has 0 radical (unpaired) electrons. The Hall–Kier alpha value is -2.53. The summed E-state index contributed by atoms with van der Waals surface area (Å²) < 4.78 is 5.84. The summed E-state index contributed by atoms with van der Waals surface area (Å²) in [4.78, 5) is 11.9. The molecule has 0 heterocycles. The minimum atomic E-state index is -0.383. The van der Waals surface area contributed by atoms with Gasteiger partial charge in [-0.05, 0) is 35.7 Å². The maximum atomic E-state index is 11.4. The number of rotatable bonds is 7. The van der Waals surface area contributed by atoms with E-state index in [0.717, 1.165) is 52.5 Å². The van der Waals surface area contributed by atoms with Crippen LogP contribution in [0.5, 0.6) is 5.75 Å². The summed E-state index contributed by atoms with van der Waals surface area (Å²) in [6.07, 6.45) is 2.77. The van der Waals surface area contributed by atoms with E-state index >= 15 is 0 Å². The third-order valence-corrected chi connectivity index (χ3v) is 4.71. The van der Waals surface area contributed by atoms with Crippen molar-refractivity contribution in [2.45, 2.75) is 31.1 Å². The van der Waals surface area contributed by atoms with Gasteiger partial charge in [-0.2, -0.15) is 0 Å². The number of nitro groups is 1. The highest BCUT2D eigenvalue weighted by molar-refractivity contribution is 7.95.